The van der Waals surface area contributed by atoms with E-state index in [0.717, 1.165) is 5.92 Å². The Labute approximate surface area is 104 Å². The zero-order valence-corrected chi connectivity index (χ0v) is 9.97. The highest BCUT2D eigenvalue weighted by atomic mass is 14.6. The van der Waals surface area contributed by atoms with Gasteiger partial charge in [-0.1, -0.05) is 36.9 Å². The van der Waals surface area contributed by atoms with Crippen molar-refractivity contribution in [3.8, 4) is 11.1 Å². The third kappa shape index (κ3) is 2.28. The number of hydrogen-bond donors (Lipinski definition) is 0. The summed E-state index contributed by atoms with van der Waals surface area (Å²) in [4.78, 5) is 4.05. The molecule has 1 nitrogen and oxygen atoms in total. The Morgan fingerprint density at radius 3 is 2.06 bits per heavy atom. The summed E-state index contributed by atoms with van der Waals surface area (Å²) in [5.74, 6) is 0.807. The van der Waals surface area contributed by atoms with E-state index in [1.54, 1.807) is 0 Å². The SMILES string of the molecule is B1BCC(c2ccc(-c3ccncc3)cc2)C1. The number of benzene rings is 1. The normalized spacial score (nSPS) is 15.3. The molecule has 0 atom stereocenters. The molecule has 1 aliphatic heterocycles. The summed E-state index contributed by atoms with van der Waals surface area (Å²) in [6, 6.07) is 13.2. The van der Waals surface area contributed by atoms with Crippen molar-refractivity contribution in [2.75, 3.05) is 0 Å². The maximum absolute atomic E-state index is 4.05. The molecule has 0 bridgehead atoms. The van der Waals surface area contributed by atoms with Crippen LogP contribution in [0.3, 0.4) is 0 Å². The van der Waals surface area contributed by atoms with Gasteiger partial charge in [0.2, 0.25) is 0 Å². The van der Waals surface area contributed by atoms with Gasteiger partial charge in [-0.2, -0.15) is 0 Å². The number of aromatic nitrogens is 1. The summed E-state index contributed by atoms with van der Waals surface area (Å²) >= 11 is 0. The molecule has 0 spiro atoms. The van der Waals surface area contributed by atoms with Crippen LogP contribution in [-0.2, 0) is 0 Å². The summed E-state index contributed by atoms with van der Waals surface area (Å²) in [7, 11) is 2.80. The Morgan fingerprint density at radius 2 is 1.41 bits per heavy atom. The summed E-state index contributed by atoms with van der Waals surface area (Å²) < 4.78 is 0. The van der Waals surface area contributed by atoms with Crippen LogP contribution in [0.2, 0.25) is 12.6 Å². The van der Waals surface area contributed by atoms with Crippen LogP contribution in [0.5, 0.6) is 0 Å². The first-order chi connectivity index (χ1) is 8.43. The van der Waals surface area contributed by atoms with E-state index in [4.69, 9.17) is 0 Å². The molecule has 0 unspecified atom stereocenters. The van der Waals surface area contributed by atoms with Gasteiger partial charge in [0.1, 0.15) is 0 Å². The van der Waals surface area contributed by atoms with E-state index in [2.05, 4.69) is 41.4 Å². The van der Waals surface area contributed by atoms with Crippen LogP contribution in [0.1, 0.15) is 11.5 Å². The van der Waals surface area contributed by atoms with E-state index in [-0.39, 0.29) is 0 Å². The van der Waals surface area contributed by atoms with Crippen molar-refractivity contribution in [1.29, 1.82) is 0 Å². The third-order valence-corrected chi connectivity index (χ3v) is 3.75. The number of hydrogen-bond acceptors (Lipinski definition) is 1. The van der Waals surface area contributed by atoms with Gasteiger partial charge in [0, 0.05) is 12.4 Å². The maximum atomic E-state index is 4.05. The first-order valence-corrected chi connectivity index (χ1v) is 6.44. The zero-order valence-electron chi connectivity index (χ0n) is 9.97. The first kappa shape index (κ1) is 10.6. The average Bonchev–Trinajstić information content (AvgIpc) is 2.94. The second-order valence-electron chi connectivity index (χ2n) is 4.84. The standard InChI is InChI=1S/C14H15B2N/c1-3-12(14-9-15-16-10-14)4-2-11(1)13-5-7-17-8-6-13/h1-8,14-16H,9-10H2. The lowest BCUT2D eigenvalue weighted by molar-refractivity contribution is 0.874. The Kier molecular flexibility index (Phi) is 3.00. The van der Waals surface area contributed by atoms with Crippen LogP contribution >= 0.6 is 0 Å². The minimum atomic E-state index is 0.807. The summed E-state index contributed by atoms with van der Waals surface area (Å²) in [5.41, 5.74) is 4.05. The maximum Gasteiger partial charge on any atom is 0.0872 e. The monoisotopic (exact) mass is 219 g/mol. The summed E-state index contributed by atoms with van der Waals surface area (Å²) in [6.45, 7) is 0. The van der Waals surface area contributed by atoms with Gasteiger partial charge in [-0.25, -0.2) is 0 Å². The van der Waals surface area contributed by atoms with Gasteiger partial charge in [-0.05, 0) is 34.7 Å². The smallest absolute Gasteiger partial charge is 0.0872 e. The van der Waals surface area contributed by atoms with Gasteiger partial charge in [-0.3, -0.25) is 4.98 Å². The fourth-order valence-corrected chi connectivity index (χ4v) is 2.75. The fraction of sp³-hybridized carbons (Fsp3) is 0.214. The fourth-order valence-electron chi connectivity index (χ4n) is 2.75. The molecule has 2 aromatic rings. The molecule has 17 heavy (non-hydrogen) atoms. The molecular formula is C14H15B2N. The van der Waals surface area contributed by atoms with Gasteiger partial charge < -0.3 is 0 Å². The molecule has 1 aromatic carbocycles. The predicted octanol–water partition coefficient (Wildman–Crippen LogP) is 2.47. The largest absolute Gasteiger partial charge is 0.265 e. The second kappa shape index (κ2) is 4.79. The topological polar surface area (TPSA) is 12.9 Å². The van der Waals surface area contributed by atoms with Crippen LogP contribution in [-0.4, -0.2) is 19.3 Å². The van der Waals surface area contributed by atoms with Crippen molar-refractivity contribution in [1.82, 2.24) is 4.98 Å². The van der Waals surface area contributed by atoms with E-state index >= 15 is 0 Å². The van der Waals surface area contributed by atoms with Crippen LogP contribution in [0.25, 0.3) is 11.1 Å². The van der Waals surface area contributed by atoms with E-state index in [0.29, 0.717) is 0 Å². The molecule has 3 heteroatoms. The van der Waals surface area contributed by atoms with Crippen molar-refractivity contribution in [2.45, 2.75) is 18.6 Å². The summed E-state index contributed by atoms with van der Waals surface area (Å²) in [5, 5.41) is 0. The lowest BCUT2D eigenvalue weighted by Crippen LogP contribution is -1.91. The highest BCUT2D eigenvalue weighted by molar-refractivity contribution is 7.02. The van der Waals surface area contributed by atoms with Crippen molar-refractivity contribution in [2.24, 2.45) is 0 Å². The molecule has 0 N–H and O–H groups in total. The molecule has 82 valence electrons. The molecule has 1 fully saturated rings. The number of rotatable bonds is 2. The van der Waals surface area contributed by atoms with E-state index < -0.39 is 0 Å². The van der Waals surface area contributed by atoms with Gasteiger partial charge >= 0.3 is 0 Å². The third-order valence-electron chi connectivity index (χ3n) is 3.75. The Balaban J connectivity index is 1.85. The van der Waals surface area contributed by atoms with Gasteiger partial charge in [0.05, 0.1) is 14.3 Å². The first-order valence-electron chi connectivity index (χ1n) is 6.44. The lowest BCUT2D eigenvalue weighted by Gasteiger charge is -2.10. The Bertz CT molecular complexity index is 475. The molecule has 1 aromatic heterocycles. The highest BCUT2D eigenvalue weighted by Gasteiger charge is 2.18. The Morgan fingerprint density at radius 1 is 0.824 bits per heavy atom. The second-order valence-corrected chi connectivity index (χ2v) is 4.84. The quantitative estimate of drug-likeness (QED) is 0.706. The molecule has 1 aliphatic rings. The van der Waals surface area contributed by atoms with Crippen LogP contribution in [0, 0.1) is 0 Å². The molecule has 3 rings (SSSR count). The lowest BCUT2D eigenvalue weighted by atomic mass is 9.43. The van der Waals surface area contributed by atoms with Crippen molar-refractivity contribution in [3.05, 3.63) is 54.4 Å². The molecule has 0 amide bonds. The highest BCUT2D eigenvalue weighted by Crippen LogP contribution is 2.29. The predicted molar refractivity (Wildman–Crippen MR) is 76.3 cm³/mol. The minimum absolute atomic E-state index is 0.807. The van der Waals surface area contributed by atoms with Crippen LogP contribution < -0.4 is 0 Å². The number of pyridine rings is 1. The van der Waals surface area contributed by atoms with Crippen molar-refractivity contribution >= 4 is 14.3 Å². The van der Waals surface area contributed by atoms with Gasteiger partial charge in [0.15, 0.2) is 0 Å². The zero-order chi connectivity index (χ0) is 11.5. The van der Waals surface area contributed by atoms with E-state index in [9.17, 15) is 0 Å². The van der Waals surface area contributed by atoms with Crippen molar-refractivity contribution in [3.63, 3.8) is 0 Å². The molecule has 1 saturated heterocycles. The number of nitrogens with zero attached hydrogens (tertiary/aromatic N) is 1. The van der Waals surface area contributed by atoms with E-state index in [1.807, 2.05) is 12.4 Å². The van der Waals surface area contributed by atoms with Crippen molar-refractivity contribution < 1.29 is 0 Å². The van der Waals surface area contributed by atoms with Gasteiger partial charge in [-0.15, -0.1) is 0 Å². The van der Waals surface area contributed by atoms with Crippen LogP contribution in [0.4, 0.5) is 0 Å². The summed E-state index contributed by atoms with van der Waals surface area (Å²) in [6.07, 6.45) is 6.43. The average molecular weight is 219 g/mol. The molecule has 0 radical (unpaired) electrons. The van der Waals surface area contributed by atoms with Gasteiger partial charge in [0.25, 0.3) is 0 Å². The Hall–Kier alpha value is -1.50. The molecule has 0 aliphatic carbocycles. The molecule has 2 heterocycles. The minimum Gasteiger partial charge on any atom is -0.265 e. The molecule has 0 saturated carbocycles. The van der Waals surface area contributed by atoms with Crippen LogP contribution in [0.15, 0.2) is 48.8 Å². The molecular weight excluding hydrogens is 204 g/mol. The van der Waals surface area contributed by atoms with E-state index in [1.165, 1.54) is 43.7 Å².